The molecule has 0 radical (unpaired) electrons. The number of alkyl halides is 1. The maximum atomic E-state index is 12.5. The first-order valence-electron chi connectivity index (χ1n) is 6.73. The number of thiophene rings is 1. The number of ketones is 1. The predicted molar refractivity (Wildman–Crippen MR) is 100.0 cm³/mol. The van der Waals surface area contributed by atoms with Crippen LogP contribution in [0.5, 0.6) is 0 Å². The maximum absolute atomic E-state index is 12.5. The smallest absolute Gasteiger partial charge is 0.202 e. The van der Waals surface area contributed by atoms with Gasteiger partial charge in [-0.15, -0.1) is 11.3 Å². The summed E-state index contributed by atoms with van der Waals surface area (Å²) in [6.07, 6.45) is 0. The highest BCUT2D eigenvalue weighted by Crippen LogP contribution is 2.30. The summed E-state index contributed by atoms with van der Waals surface area (Å²) in [6, 6.07) is 19.8. The molecule has 0 saturated carbocycles. The number of benzene rings is 2. The number of carbonyl (C=O) groups excluding carboxylic acids is 1. The average molecular weight is 436 g/mol. The van der Waals surface area contributed by atoms with Gasteiger partial charge in [0.2, 0.25) is 5.78 Å². The van der Waals surface area contributed by atoms with Crippen LogP contribution < -0.4 is 0 Å². The van der Waals surface area contributed by atoms with Crippen molar-refractivity contribution >= 4 is 49.0 Å². The van der Waals surface area contributed by atoms with Crippen LogP contribution in [0, 0.1) is 0 Å². The molecule has 1 aromatic heterocycles. The molecule has 2 aromatic carbocycles. The summed E-state index contributed by atoms with van der Waals surface area (Å²) in [5.74, 6) is 0.0702. The second-order valence-corrected chi connectivity index (χ2v) is 7.39. The summed E-state index contributed by atoms with van der Waals surface area (Å²) in [7, 11) is 0. The zero-order valence-electron chi connectivity index (χ0n) is 11.6. The minimum absolute atomic E-state index is 0.0702. The average Bonchev–Trinajstić information content (AvgIpc) is 3.05. The predicted octanol–water partition coefficient (Wildman–Crippen LogP) is 6.30. The van der Waals surface area contributed by atoms with Gasteiger partial charge in [-0.1, -0.05) is 56.1 Å². The molecule has 0 N–H and O–H groups in total. The Bertz CT molecular complexity index is 789. The summed E-state index contributed by atoms with van der Waals surface area (Å²) in [4.78, 5) is 14.4. The van der Waals surface area contributed by atoms with E-state index < -0.39 is 0 Å². The molecular formula is C18H12Br2OS. The summed E-state index contributed by atoms with van der Waals surface area (Å²) in [5, 5.41) is 0.852. The summed E-state index contributed by atoms with van der Waals surface area (Å²) < 4.78 is 0.975. The molecule has 22 heavy (non-hydrogen) atoms. The van der Waals surface area contributed by atoms with Crippen LogP contribution in [0.4, 0.5) is 0 Å². The maximum Gasteiger partial charge on any atom is 0.202 e. The Morgan fingerprint density at radius 3 is 2.23 bits per heavy atom. The van der Waals surface area contributed by atoms with Crippen LogP contribution in [0.15, 0.2) is 65.1 Å². The molecule has 3 aromatic rings. The van der Waals surface area contributed by atoms with Gasteiger partial charge in [-0.3, -0.25) is 4.79 Å². The van der Waals surface area contributed by atoms with Crippen molar-refractivity contribution in [1.82, 2.24) is 0 Å². The summed E-state index contributed by atoms with van der Waals surface area (Å²) in [5.41, 5.74) is 3.10. The topological polar surface area (TPSA) is 17.1 Å². The third kappa shape index (κ3) is 3.40. The monoisotopic (exact) mass is 434 g/mol. The molecule has 4 heteroatoms. The highest BCUT2D eigenvalue weighted by atomic mass is 79.9. The van der Waals surface area contributed by atoms with Gasteiger partial charge in [-0.2, -0.15) is 0 Å². The Balaban J connectivity index is 1.86. The van der Waals surface area contributed by atoms with Crippen LogP contribution in [0.25, 0.3) is 10.4 Å². The largest absolute Gasteiger partial charge is 0.288 e. The molecule has 1 nitrogen and oxygen atoms in total. The molecule has 0 unspecified atom stereocenters. The lowest BCUT2D eigenvalue weighted by Crippen LogP contribution is -1.97. The van der Waals surface area contributed by atoms with Gasteiger partial charge in [0.25, 0.3) is 0 Å². The molecule has 110 valence electrons. The second-order valence-electron chi connectivity index (χ2n) is 4.83. The van der Waals surface area contributed by atoms with Gasteiger partial charge in [0, 0.05) is 20.2 Å². The SMILES string of the molecule is O=C(c1ccc(Br)cc1)c1ccc(-c2ccc(CBr)cc2)s1. The normalized spacial score (nSPS) is 10.6. The lowest BCUT2D eigenvalue weighted by molar-refractivity contribution is 0.104. The highest BCUT2D eigenvalue weighted by Gasteiger charge is 2.12. The fourth-order valence-corrected chi connectivity index (χ4v) is 3.73. The van der Waals surface area contributed by atoms with Crippen molar-refractivity contribution in [3.8, 4) is 10.4 Å². The second kappa shape index (κ2) is 6.90. The first kappa shape index (κ1) is 15.7. The fraction of sp³-hybridized carbons (Fsp3) is 0.0556. The van der Waals surface area contributed by atoms with Crippen LogP contribution in [-0.4, -0.2) is 5.78 Å². The van der Waals surface area contributed by atoms with E-state index in [1.54, 1.807) is 0 Å². The van der Waals surface area contributed by atoms with Crippen molar-refractivity contribution < 1.29 is 4.79 Å². The fourth-order valence-electron chi connectivity index (χ4n) is 2.12. The molecule has 0 spiro atoms. The third-order valence-electron chi connectivity index (χ3n) is 3.33. The van der Waals surface area contributed by atoms with Gasteiger partial charge < -0.3 is 0 Å². The lowest BCUT2D eigenvalue weighted by Gasteiger charge is -2.00. The van der Waals surface area contributed by atoms with E-state index in [0.29, 0.717) is 5.56 Å². The highest BCUT2D eigenvalue weighted by molar-refractivity contribution is 9.10. The van der Waals surface area contributed by atoms with Crippen molar-refractivity contribution in [2.45, 2.75) is 5.33 Å². The zero-order valence-corrected chi connectivity index (χ0v) is 15.5. The molecular weight excluding hydrogens is 424 g/mol. The Hall–Kier alpha value is -1.23. The van der Waals surface area contributed by atoms with Crippen LogP contribution in [0.1, 0.15) is 20.8 Å². The zero-order chi connectivity index (χ0) is 15.5. The van der Waals surface area contributed by atoms with E-state index in [4.69, 9.17) is 0 Å². The lowest BCUT2D eigenvalue weighted by atomic mass is 10.1. The minimum Gasteiger partial charge on any atom is -0.288 e. The van der Waals surface area contributed by atoms with Gasteiger partial charge >= 0.3 is 0 Å². The van der Waals surface area contributed by atoms with E-state index in [0.717, 1.165) is 25.1 Å². The van der Waals surface area contributed by atoms with Gasteiger partial charge in [0.1, 0.15) is 0 Å². The van der Waals surface area contributed by atoms with Gasteiger partial charge in [0.15, 0.2) is 0 Å². The van der Waals surface area contributed by atoms with Crippen LogP contribution >= 0.6 is 43.2 Å². The first-order valence-corrected chi connectivity index (χ1v) is 9.46. The number of halogens is 2. The van der Waals surface area contributed by atoms with Crippen molar-refractivity contribution in [3.05, 3.63) is 81.1 Å². The van der Waals surface area contributed by atoms with E-state index >= 15 is 0 Å². The third-order valence-corrected chi connectivity index (χ3v) is 5.64. The molecule has 0 fully saturated rings. The minimum atomic E-state index is 0.0702. The van der Waals surface area contributed by atoms with Crippen LogP contribution in [0.2, 0.25) is 0 Å². The Labute approximate surface area is 150 Å². The van der Waals surface area contributed by atoms with Crippen LogP contribution in [-0.2, 0) is 5.33 Å². The van der Waals surface area contributed by atoms with Gasteiger partial charge in [-0.05, 0) is 47.5 Å². The van der Waals surface area contributed by atoms with Crippen molar-refractivity contribution in [2.24, 2.45) is 0 Å². The number of hydrogen-bond donors (Lipinski definition) is 0. The van der Waals surface area contributed by atoms with Crippen molar-refractivity contribution in [2.75, 3.05) is 0 Å². The molecule has 0 saturated heterocycles. The van der Waals surface area contributed by atoms with E-state index in [2.05, 4.69) is 56.1 Å². The Morgan fingerprint density at radius 1 is 0.909 bits per heavy atom. The van der Waals surface area contributed by atoms with Gasteiger partial charge in [0.05, 0.1) is 4.88 Å². The Morgan fingerprint density at radius 2 is 1.59 bits per heavy atom. The molecule has 0 amide bonds. The van der Waals surface area contributed by atoms with E-state index in [9.17, 15) is 4.79 Å². The Kier molecular flexibility index (Phi) is 4.91. The molecule has 0 bridgehead atoms. The molecule has 0 aliphatic carbocycles. The van der Waals surface area contributed by atoms with E-state index in [1.807, 2.05) is 36.4 Å². The van der Waals surface area contributed by atoms with Gasteiger partial charge in [-0.25, -0.2) is 0 Å². The quantitative estimate of drug-likeness (QED) is 0.347. The molecule has 0 aliphatic heterocycles. The standard InChI is InChI=1S/C18H12Br2OS/c19-11-12-1-3-13(4-2-12)16-9-10-17(22-16)18(21)14-5-7-15(20)8-6-14/h1-10H,11H2. The number of carbonyl (C=O) groups is 1. The van der Waals surface area contributed by atoms with Crippen LogP contribution in [0.3, 0.4) is 0 Å². The molecule has 1 heterocycles. The summed E-state index contributed by atoms with van der Waals surface area (Å²) in [6.45, 7) is 0. The van der Waals surface area contributed by atoms with E-state index in [-0.39, 0.29) is 5.78 Å². The molecule has 3 rings (SSSR count). The van der Waals surface area contributed by atoms with E-state index in [1.165, 1.54) is 16.9 Å². The number of hydrogen-bond acceptors (Lipinski definition) is 2. The molecule has 0 aliphatic rings. The summed E-state index contributed by atoms with van der Waals surface area (Å²) >= 11 is 8.37. The van der Waals surface area contributed by atoms with Crippen molar-refractivity contribution in [3.63, 3.8) is 0 Å². The number of rotatable bonds is 4. The molecule has 0 atom stereocenters. The first-order chi connectivity index (χ1) is 10.7. The van der Waals surface area contributed by atoms with Crippen molar-refractivity contribution in [1.29, 1.82) is 0 Å².